The van der Waals surface area contributed by atoms with E-state index in [1.807, 2.05) is 19.9 Å². The van der Waals surface area contributed by atoms with Crippen molar-refractivity contribution in [2.45, 2.75) is 26.2 Å². The van der Waals surface area contributed by atoms with Crippen LogP contribution in [0.4, 0.5) is 10.1 Å². The molecule has 11 heteroatoms. The number of anilines is 1. The summed E-state index contributed by atoms with van der Waals surface area (Å²) in [6.45, 7) is 3.64. The lowest BCUT2D eigenvalue weighted by Crippen LogP contribution is -2.23. The Hall–Kier alpha value is -3.57. The zero-order chi connectivity index (χ0) is 28.1. The fourth-order valence-corrected chi connectivity index (χ4v) is 4.68. The van der Waals surface area contributed by atoms with Crippen LogP contribution in [0, 0.1) is 5.82 Å². The van der Waals surface area contributed by atoms with Crippen LogP contribution >= 0.6 is 31.9 Å². The Labute approximate surface area is 241 Å². The fraction of sp³-hybridized carbons (Fsp3) is 0.214. The van der Waals surface area contributed by atoms with Crippen molar-refractivity contribution in [1.29, 1.82) is 0 Å². The maximum atomic E-state index is 13.8. The van der Waals surface area contributed by atoms with E-state index < -0.39 is 11.7 Å². The average Bonchev–Trinajstić information content (AvgIpc) is 2.92. The molecule has 1 heterocycles. The van der Waals surface area contributed by atoms with E-state index in [4.69, 9.17) is 14.5 Å². The first kappa shape index (κ1) is 28.4. The van der Waals surface area contributed by atoms with Gasteiger partial charge in [-0.05, 0) is 70.4 Å². The Bertz CT molecular complexity index is 1620. The highest BCUT2D eigenvalue weighted by atomic mass is 79.9. The second-order valence-electron chi connectivity index (χ2n) is 8.65. The number of hydrogen-bond acceptors (Lipinski definition) is 6. The second kappa shape index (κ2) is 12.5. The maximum absolute atomic E-state index is 13.8. The highest BCUT2D eigenvalue weighted by Gasteiger charge is 2.17. The van der Waals surface area contributed by atoms with Gasteiger partial charge >= 0.3 is 0 Å². The van der Waals surface area contributed by atoms with Crippen molar-refractivity contribution in [1.82, 2.24) is 9.66 Å². The number of hydrogen-bond donors (Lipinski definition) is 1. The molecular weight excluding hydrogens is 635 g/mol. The molecule has 0 aliphatic rings. The van der Waals surface area contributed by atoms with E-state index in [2.05, 4.69) is 42.3 Å². The predicted molar refractivity (Wildman–Crippen MR) is 157 cm³/mol. The Morgan fingerprint density at radius 1 is 1.21 bits per heavy atom. The molecule has 1 amide bonds. The first-order valence-electron chi connectivity index (χ1n) is 12.0. The number of methoxy groups -OCH3 is 1. The summed E-state index contributed by atoms with van der Waals surface area (Å²) in [6.07, 6.45) is 2.31. The minimum atomic E-state index is -0.543. The summed E-state index contributed by atoms with van der Waals surface area (Å²) in [7, 11) is 1.46. The van der Waals surface area contributed by atoms with E-state index in [1.165, 1.54) is 36.2 Å². The fourth-order valence-electron chi connectivity index (χ4n) is 3.74. The summed E-state index contributed by atoms with van der Waals surface area (Å²) in [4.78, 5) is 30.4. The average molecular weight is 660 g/mol. The number of nitrogens with one attached hydrogen (secondary N) is 1. The Balaban J connectivity index is 1.61. The number of para-hydroxylation sites is 1. The SMILES string of the molecule is CC[C@H](C)c1nc2ccc(Br)cc2c(=O)n1N=Cc1cc(Br)c(OCC(=O)Nc2ccccc2F)c(OC)c1. The number of rotatable bonds is 9. The Kier molecular flexibility index (Phi) is 9.13. The number of aromatic nitrogens is 2. The summed E-state index contributed by atoms with van der Waals surface area (Å²) in [6, 6.07) is 14.6. The van der Waals surface area contributed by atoms with Crippen molar-refractivity contribution >= 4 is 60.6 Å². The number of carbonyl (C=O) groups excluding carboxylic acids is 1. The normalized spacial score (nSPS) is 12.1. The standard InChI is InChI=1S/C28H25Br2FN4O4/c1-4-16(2)27-34-22-10-9-18(29)13-19(22)28(37)35(27)32-14-17-11-20(30)26(24(12-17)38-3)39-15-25(36)33-23-8-6-5-7-21(23)31/h5-14,16H,4,15H2,1-3H3,(H,33,36)/t16-/m0/s1. The number of halogens is 3. The summed E-state index contributed by atoms with van der Waals surface area (Å²) in [5, 5.41) is 7.40. The van der Waals surface area contributed by atoms with E-state index in [0.29, 0.717) is 32.5 Å². The van der Waals surface area contributed by atoms with Gasteiger partial charge in [0.05, 0.1) is 34.4 Å². The number of nitrogens with zero attached hydrogens (tertiary/aromatic N) is 3. The van der Waals surface area contributed by atoms with E-state index in [-0.39, 0.29) is 29.5 Å². The molecule has 0 radical (unpaired) electrons. The molecule has 202 valence electrons. The van der Waals surface area contributed by atoms with Crippen molar-refractivity contribution in [3.8, 4) is 11.5 Å². The van der Waals surface area contributed by atoms with Crippen LogP contribution in [0.3, 0.4) is 0 Å². The van der Waals surface area contributed by atoms with Crippen molar-refractivity contribution in [2.24, 2.45) is 5.10 Å². The van der Waals surface area contributed by atoms with Crippen LogP contribution in [0.25, 0.3) is 10.9 Å². The third kappa shape index (κ3) is 6.54. The smallest absolute Gasteiger partial charge is 0.282 e. The lowest BCUT2D eigenvalue weighted by Gasteiger charge is -2.15. The number of benzene rings is 3. The van der Waals surface area contributed by atoms with E-state index in [0.717, 1.165) is 10.9 Å². The van der Waals surface area contributed by atoms with Gasteiger partial charge in [-0.25, -0.2) is 9.37 Å². The molecule has 4 rings (SSSR count). The van der Waals surface area contributed by atoms with Crippen LogP contribution in [0.2, 0.25) is 0 Å². The van der Waals surface area contributed by atoms with Crippen LogP contribution in [0.15, 0.2) is 73.4 Å². The molecule has 0 saturated heterocycles. The maximum Gasteiger partial charge on any atom is 0.282 e. The number of amides is 1. The van der Waals surface area contributed by atoms with E-state index in [9.17, 15) is 14.0 Å². The van der Waals surface area contributed by atoms with Crippen molar-refractivity contribution < 1.29 is 18.7 Å². The van der Waals surface area contributed by atoms with Gasteiger partial charge in [0.25, 0.3) is 11.5 Å². The molecule has 1 N–H and O–H groups in total. The molecule has 1 aromatic heterocycles. The van der Waals surface area contributed by atoms with Crippen molar-refractivity contribution in [3.05, 3.63) is 91.1 Å². The Morgan fingerprint density at radius 2 is 1.97 bits per heavy atom. The molecule has 0 bridgehead atoms. The number of carbonyl (C=O) groups is 1. The highest BCUT2D eigenvalue weighted by molar-refractivity contribution is 9.10. The van der Waals surface area contributed by atoms with Gasteiger partial charge in [-0.1, -0.05) is 41.9 Å². The molecular formula is C28H25Br2FN4O4. The van der Waals surface area contributed by atoms with Gasteiger partial charge in [-0.3, -0.25) is 9.59 Å². The van der Waals surface area contributed by atoms with E-state index >= 15 is 0 Å². The van der Waals surface area contributed by atoms with Gasteiger partial charge < -0.3 is 14.8 Å². The molecule has 4 aromatic rings. The van der Waals surface area contributed by atoms with Gasteiger partial charge in [-0.15, -0.1) is 0 Å². The van der Waals surface area contributed by atoms with Gasteiger partial charge in [0.2, 0.25) is 0 Å². The molecule has 1 atom stereocenters. The summed E-state index contributed by atoms with van der Waals surface area (Å²) in [5.74, 6) is 0.0913. The lowest BCUT2D eigenvalue weighted by molar-refractivity contribution is -0.118. The largest absolute Gasteiger partial charge is 0.493 e. The summed E-state index contributed by atoms with van der Waals surface area (Å²) >= 11 is 6.87. The molecule has 3 aromatic carbocycles. The molecule has 0 aliphatic heterocycles. The molecule has 39 heavy (non-hydrogen) atoms. The van der Waals surface area contributed by atoms with Crippen LogP contribution in [0.1, 0.15) is 37.6 Å². The van der Waals surface area contributed by atoms with Crippen LogP contribution < -0.4 is 20.3 Å². The molecule has 0 fully saturated rings. The molecule has 8 nitrogen and oxygen atoms in total. The van der Waals surface area contributed by atoms with Gasteiger partial charge in [-0.2, -0.15) is 9.78 Å². The van der Waals surface area contributed by atoms with E-state index in [1.54, 1.807) is 30.3 Å². The zero-order valence-corrected chi connectivity index (χ0v) is 24.5. The Morgan fingerprint density at radius 3 is 2.69 bits per heavy atom. The first-order valence-corrected chi connectivity index (χ1v) is 13.6. The minimum Gasteiger partial charge on any atom is -0.493 e. The van der Waals surface area contributed by atoms with Gasteiger partial charge in [0.15, 0.2) is 18.1 Å². The predicted octanol–water partition coefficient (Wildman–Crippen LogP) is 6.48. The highest BCUT2D eigenvalue weighted by Crippen LogP contribution is 2.36. The third-order valence-corrected chi connectivity index (χ3v) is 7.04. The monoisotopic (exact) mass is 658 g/mol. The van der Waals surface area contributed by atoms with Crippen LogP contribution in [-0.2, 0) is 4.79 Å². The van der Waals surface area contributed by atoms with Crippen LogP contribution in [-0.4, -0.2) is 35.5 Å². The van der Waals surface area contributed by atoms with Gasteiger partial charge in [0, 0.05) is 10.4 Å². The first-order chi connectivity index (χ1) is 18.7. The molecule has 0 saturated carbocycles. The zero-order valence-electron chi connectivity index (χ0n) is 21.4. The quantitative estimate of drug-likeness (QED) is 0.208. The lowest BCUT2D eigenvalue weighted by atomic mass is 10.1. The summed E-state index contributed by atoms with van der Waals surface area (Å²) < 4.78 is 27.6. The van der Waals surface area contributed by atoms with Crippen molar-refractivity contribution in [3.63, 3.8) is 0 Å². The van der Waals surface area contributed by atoms with Crippen LogP contribution in [0.5, 0.6) is 11.5 Å². The molecule has 0 unspecified atom stereocenters. The number of ether oxygens (including phenoxy) is 2. The minimum absolute atomic E-state index is 0.00421. The molecule has 0 aliphatic carbocycles. The third-order valence-electron chi connectivity index (χ3n) is 5.96. The topological polar surface area (TPSA) is 94.8 Å². The molecule has 0 spiro atoms. The summed E-state index contributed by atoms with van der Waals surface area (Å²) in [5.41, 5.74) is 0.999. The van der Waals surface area contributed by atoms with Gasteiger partial charge in [0.1, 0.15) is 11.6 Å². The van der Waals surface area contributed by atoms with Crippen molar-refractivity contribution in [2.75, 3.05) is 19.0 Å². The second-order valence-corrected chi connectivity index (χ2v) is 10.4. The number of fused-ring (bicyclic) bond motifs is 1.